The minimum absolute atomic E-state index is 0.0349. The highest BCUT2D eigenvalue weighted by atomic mass is 16.5. The van der Waals surface area contributed by atoms with Crippen molar-refractivity contribution in [1.82, 2.24) is 10.2 Å². The van der Waals surface area contributed by atoms with Gasteiger partial charge in [-0.15, -0.1) is 0 Å². The number of carbonyl (C=O) groups excluding carboxylic acids is 2. The van der Waals surface area contributed by atoms with Gasteiger partial charge in [-0.3, -0.25) is 9.59 Å². The molecule has 0 aromatic heterocycles. The number of carbonyl (C=O) groups is 2. The fraction of sp³-hybridized carbons (Fsp3) is 0.467. The molecule has 5 nitrogen and oxygen atoms in total. The van der Waals surface area contributed by atoms with E-state index in [1.54, 1.807) is 26.3 Å². The van der Waals surface area contributed by atoms with Gasteiger partial charge in [-0.05, 0) is 38.5 Å². The van der Waals surface area contributed by atoms with Gasteiger partial charge >= 0.3 is 0 Å². The summed E-state index contributed by atoms with van der Waals surface area (Å²) in [6.45, 7) is 5.70. The molecule has 0 fully saturated rings. The average molecular weight is 278 g/mol. The van der Waals surface area contributed by atoms with E-state index in [1.807, 2.05) is 26.8 Å². The zero-order valence-electron chi connectivity index (χ0n) is 12.7. The van der Waals surface area contributed by atoms with Crippen LogP contribution in [0.25, 0.3) is 0 Å². The molecular formula is C15H22N2O3. The van der Waals surface area contributed by atoms with Crippen LogP contribution in [0.15, 0.2) is 18.2 Å². The maximum absolute atomic E-state index is 12.2. The summed E-state index contributed by atoms with van der Waals surface area (Å²) in [6.07, 6.45) is 0. The summed E-state index contributed by atoms with van der Waals surface area (Å²) in [5.41, 5.74) is 1.47. The Kier molecular flexibility index (Phi) is 5.55. The van der Waals surface area contributed by atoms with Crippen LogP contribution in [0.1, 0.15) is 29.8 Å². The number of hydrogen-bond acceptors (Lipinski definition) is 3. The first-order valence-corrected chi connectivity index (χ1v) is 6.54. The molecule has 1 N–H and O–H groups in total. The van der Waals surface area contributed by atoms with Gasteiger partial charge in [0, 0.05) is 18.7 Å². The Labute approximate surface area is 119 Å². The standard InChI is InChI=1S/C15H22N2O3/c1-10(2)16-14(18)9-17(4)15(19)12-7-6-11(3)13(8-12)20-5/h6-8,10H,9H2,1-5H3,(H,16,18). The van der Waals surface area contributed by atoms with E-state index in [1.165, 1.54) is 4.90 Å². The Balaban J connectivity index is 2.76. The molecule has 1 aromatic rings. The van der Waals surface area contributed by atoms with Crippen molar-refractivity contribution in [3.8, 4) is 5.75 Å². The van der Waals surface area contributed by atoms with Crippen molar-refractivity contribution in [2.75, 3.05) is 20.7 Å². The number of methoxy groups -OCH3 is 1. The van der Waals surface area contributed by atoms with Crippen molar-refractivity contribution in [1.29, 1.82) is 0 Å². The van der Waals surface area contributed by atoms with Crippen LogP contribution in [0.5, 0.6) is 5.75 Å². The molecule has 0 heterocycles. The smallest absolute Gasteiger partial charge is 0.254 e. The number of rotatable bonds is 5. The zero-order chi connectivity index (χ0) is 15.3. The molecule has 0 aliphatic rings. The predicted molar refractivity (Wildman–Crippen MR) is 78.0 cm³/mol. The van der Waals surface area contributed by atoms with Crippen LogP contribution in [0.3, 0.4) is 0 Å². The second-order valence-corrected chi connectivity index (χ2v) is 5.07. The first kappa shape index (κ1) is 16.0. The molecule has 0 radical (unpaired) electrons. The normalized spacial score (nSPS) is 10.3. The third-order valence-electron chi connectivity index (χ3n) is 2.83. The van der Waals surface area contributed by atoms with E-state index < -0.39 is 0 Å². The van der Waals surface area contributed by atoms with E-state index in [-0.39, 0.29) is 24.4 Å². The third kappa shape index (κ3) is 4.26. The maximum Gasteiger partial charge on any atom is 0.254 e. The number of hydrogen-bond donors (Lipinski definition) is 1. The highest BCUT2D eigenvalue weighted by Gasteiger charge is 2.16. The molecule has 0 aliphatic heterocycles. The van der Waals surface area contributed by atoms with E-state index in [4.69, 9.17) is 4.74 Å². The molecule has 5 heteroatoms. The highest BCUT2D eigenvalue weighted by molar-refractivity contribution is 5.96. The molecule has 110 valence electrons. The van der Waals surface area contributed by atoms with Gasteiger partial charge in [0.25, 0.3) is 5.91 Å². The lowest BCUT2D eigenvalue weighted by Gasteiger charge is -2.18. The third-order valence-corrected chi connectivity index (χ3v) is 2.83. The Morgan fingerprint density at radius 2 is 2.00 bits per heavy atom. The van der Waals surface area contributed by atoms with Crippen LogP contribution >= 0.6 is 0 Å². The van der Waals surface area contributed by atoms with Crippen molar-refractivity contribution in [2.24, 2.45) is 0 Å². The van der Waals surface area contributed by atoms with Gasteiger partial charge in [-0.25, -0.2) is 0 Å². The summed E-state index contributed by atoms with van der Waals surface area (Å²) in [5.74, 6) is 0.285. The van der Waals surface area contributed by atoms with E-state index >= 15 is 0 Å². The van der Waals surface area contributed by atoms with E-state index in [0.717, 1.165) is 5.56 Å². The van der Waals surface area contributed by atoms with E-state index in [9.17, 15) is 9.59 Å². The van der Waals surface area contributed by atoms with Gasteiger partial charge in [0.15, 0.2) is 0 Å². The molecule has 0 spiro atoms. The lowest BCUT2D eigenvalue weighted by Crippen LogP contribution is -2.40. The quantitative estimate of drug-likeness (QED) is 0.890. The highest BCUT2D eigenvalue weighted by Crippen LogP contribution is 2.19. The van der Waals surface area contributed by atoms with Gasteiger partial charge < -0.3 is 15.0 Å². The lowest BCUT2D eigenvalue weighted by atomic mass is 10.1. The fourth-order valence-corrected chi connectivity index (χ4v) is 1.83. The number of ether oxygens (including phenoxy) is 1. The zero-order valence-corrected chi connectivity index (χ0v) is 12.7. The molecule has 0 saturated carbocycles. The van der Waals surface area contributed by atoms with Gasteiger partial charge in [0.1, 0.15) is 5.75 Å². The van der Waals surface area contributed by atoms with Crippen molar-refractivity contribution in [2.45, 2.75) is 26.8 Å². The second kappa shape index (κ2) is 6.93. The topological polar surface area (TPSA) is 58.6 Å². The Hall–Kier alpha value is -2.04. The molecule has 0 saturated heterocycles. The minimum atomic E-state index is -0.206. The molecule has 2 amide bonds. The Morgan fingerprint density at radius 1 is 1.35 bits per heavy atom. The molecule has 1 aromatic carbocycles. The summed E-state index contributed by atoms with van der Waals surface area (Å²) in [4.78, 5) is 25.3. The fourth-order valence-electron chi connectivity index (χ4n) is 1.83. The first-order chi connectivity index (χ1) is 9.35. The average Bonchev–Trinajstić information content (AvgIpc) is 2.37. The predicted octanol–water partition coefficient (Wildman–Crippen LogP) is 1.60. The van der Waals surface area contributed by atoms with Crippen LogP contribution in [0.4, 0.5) is 0 Å². The van der Waals surface area contributed by atoms with Crippen molar-refractivity contribution in [3.63, 3.8) is 0 Å². The van der Waals surface area contributed by atoms with Gasteiger partial charge in [0.2, 0.25) is 5.91 Å². The van der Waals surface area contributed by atoms with Crippen LogP contribution in [-0.4, -0.2) is 43.5 Å². The van der Waals surface area contributed by atoms with Crippen LogP contribution in [0.2, 0.25) is 0 Å². The molecule has 20 heavy (non-hydrogen) atoms. The number of likely N-dealkylation sites (N-methyl/N-ethyl adjacent to an activating group) is 1. The number of nitrogens with one attached hydrogen (secondary N) is 1. The largest absolute Gasteiger partial charge is 0.496 e. The Morgan fingerprint density at radius 3 is 2.55 bits per heavy atom. The molecule has 0 unspecified atom stereocenters. The summed E-state index contributed by atoms with van der Waals surface area (Å²) >= 11 is 0. The lowest BCUT2D eigenvalue weighted by molar-refractivity contribution is -0.122. The summed E-state index contributed by atoms with van der Waals surface area (Å²) in [6, 6.07) is 5.31. The van der Waals surface area contributed by atoms with Crippen LogP contribution < -0.4 is 10.1 Å². The van der Waals surface area contributed by atoms with Crippen LogP contribution in [-0.2, 0) is 4.79 Å². The summed E-state index contributed by atoms with van der Waals surface area (Å²) in [5, 5.41) is 2.75. The van der Waals surface area contributed by atoms with Gasteiger partial charge in [0.05, 0.1) is 13.7 Å². The van der Waals surface area contributed by atoms with Crippen molar-refractivity contribution >= 4 is 11.8 Å². The van der Waals surface area contributed by atoms with Crippen molar-refractivity contribution in [3.05, 3.63) is 29.3 Å². The summed E-state index contributed by atoms with van der Waals surface area (Å²) < 4.78 is 5.20. The minimum Gasteiger partial charge on any atom is -0.496 e. The molecular weight excluding hydrogens is 256 g/mol. The molecule has 0 aliphatic carbocycles. The number of aryl methyl sites for hydroxylation is 1. The number of nitrogens with zero attached hydrogens (tertiary/aromatic N) is 1. The molecule has 0 atom stereocenters. The van der Waals surface area contributed by atoms with E-state index in [2.05, 4.69) is 5.32 Å². The van der Waals surface area contributed by atoms with Gasteiger partial charge in [-0.2, -0.15) is 0 Å². The maximum atomic E-state index is 12.2. The SMILES string of the molecule is COc1cc(C(=O)N(C)CC(=O)NC(C)C)ccc1C. The monoisotopic (exact) mass is 278 g/mol. The van der Waals surface area contributed by atoms with Crippen LogP contribution in [0, 0.1) is 6.92 Å². The first-order valence-electron chi connectivity index (χ1n) is 6.54. The Bertz CT molecular complexity index is 498. The molecule has 0 bridgehead atoms. The van der Waals surface area contributed by atoms with Gasteiger partial charge in [-0.1, -0.05) is 6.07 Å². The second-order valence-electron chi connectivity index (χ2n) is 5.07. The summed E-state index contributed by atoms with van der Waals surface area (Å²) in [7, 11) is 3.17. The van der Waals surface area contributed by atoms with E-state index in [0.29, 0.717) is 11.3 Å². The number of benzene rings is 1. The van der Waals surface area contributed by atoms with Crippen molar-refractivity contribution < 1.29 is 14.3 Å². The number of amides is 2. The molecule has 1 rings (SSSR count).